The van der Waals surface area contributed by atoms with Crippen LogP contribution < -0.4 is 0 Å². The molecule has 0 bridgehead atoms. The summed E-state index contributed by atoms with van der Waals surface area (Å²) in [6, 6.07) is 5.87. The maximum Gasteiger partial charge on any atom is 0 e. The zero-order valence-corrected chi connectivity index (χ0v) is 31.1. The maximum absolute atomic E-state index is 9.75. The maximum atomic E-state index is 9.75. The second-order valence-corrected chi connectivity index (χ2v) is 16.3. The smallest absolute Gasteiger partial charge is 0 e. The van der Waals surface area contributed by atoms with Crippen LogP contribution in [0.4, 0.5) is 17.3 Å². The van der Waals surface area contributed by atoms with E-state index in [1.165, 1.54) is 89.9 Å². The van der Waals surface area contributed by atoms with Gasteiger partial charge < -0.3 is 31.1 Å². The quantitative estimate of drug-likeness (QED) is 0.126. The number of pyridine rings is 1. The predicted octanol–water partition coefficient (Wildman–Crippen LogP) is 12.5. The molecule has 4 saturated carbocycles. The molecular weight excluding hydrogens is 721 g/mol. The Morgan fingerprint density at radius 2 is 1.19 bits per heavy atom. The second kappa shape index (κ2) is 25.8. The average Bonchev–Trinajstić information content (AvgIpc) is 3.71. The summed E-state index contributed by atoms with van der Waals surface area (Å²) in [5.74, 6) is 2.07. The first-order valence-electron chi connectivity index (χ1n) is 16.5. The normalized spacial score (nSPS) is 23.9. The molecule has 1 heterocycles. The van der Waals surface area contributed by atoms with Crippen LogP contribution in [0.5, 0.6) is 0 Å². The third kappa shape index (κ3) is 19.9. The summed E-state index contributed by atoms with van der Waals surface area (Å²) in [7, 11) is -1.61. The molecule has 4 aliphatic carbocycles. The molecule has 4 aliphatic rings. The van der Waals surface area contributed by atoms with Gasteiger partial charge in [0.15, 0.2) is 0 Å². The Morgan fingerprint density at radius 1 is 0.767 bits per heavy atom. The van der Waals surface area contributed by atoms with E-state index in [1.54, 1.807) is 31.9 Å². The van der Waals surface area contributed by atoms with Crippen LogP contribution >= 0.6 is 17.6 Å². The van der Waals surface area contributed by atoms with Crippen molar-refractivity contribution in [2.75, 3.05) is 0 Å². The molecule has 1 nitrogen and oxygen atoms in total. The summed E-state index contributed by atoms with van der Waals surface area (Å²) in [5.41, 5.74) is 4.42. The molecule has 4 atom stereocenters. The summed E-state index contributed by atoms with van der Waals surface area (Å²) < 4.78 is 39.0. The average molecular weight is 778 g/mol. The van der Waals surface area contributed by atoms with Gasteiger partial charge in [0.2, 0.25) is 0 Å². The van der Waals surface area contributed by atoms with Crippen LogP contribution in [0.3, 0.4) is 0 Å². The summed E-state index contributed by atoms with van der Waals surface area (Å²) in [4.78, 5) is 4.12. The number of rotatable bonds is 5. The summed E-state index contributed by atoms with van der Waals surface area (Å²) in [5, 5.41) is 0. The van der Waals surface area contributed by atoms with Gasteiger partial charge in [-0.05, 0) is 82.8 Å². The standard InChI is InChI=1S/C20H36P.C8H10N.C5H10.BF4.ClH.Fe.Ru/c1-16-10-9-15-20(16)17(2)21(18-11-5-3-6-12-18)19-13-7-4-8-14-19;1-7(2)8-5-3-4-6-9-8;1-2-4-5-3-1;2-1(3,4)5;;;/h16-20H,1,3-15H2,2H3;3-7H,1H2,2H3;1-5H2;;1H;;/q2*-1;;-1;;;+4/t16?,17-,20?;7-;;;;;/m00...../s1. The SMILES string of the molecule is C1CCCC1.F[B-](F)(F)F.[CH2-]C1CCCC1[C@H](C)[PH+](C1CCCCC1)C1CCCCC1.[CH2-][C@@H](C)c1ccccn1.[Cl][Ru+3].[Fe]. The zero-order valence-electron chi connectivity index (χ0n) is 26.5. The first-order valence-corrected chi connectivity index (χ1v) is 20.5. The molecule has 1 aromatic heterocycles. The van der Waals surface area contributed by atoms with Gasteiger partial charge in [-0.2, -0.15) is 5.92 Å². The van der Waals surface area contributed by atoms with E-state index >= 15 is 0 Å². The number of aromatic nitrogens is 1. The van der Waals surface area contributed by atoms with Crippen molar-refractivity contribution in [3.63, 3.8) is 0 Å². The number of hydrogen-bond acceptors (Lipinski definition) is 1. The molecule has 0 amide bonds. The Hall–Kier alpha value is 0.798. The van der Waals surface area contributed by atoms with E-state index in [0.29, 0.717) is 5.92 Å². The third-order valence-corrected chi connectivity index (χ3v) is 14.0. The minimum Gasteiger partial charge on any atom is 0 e. The van der Waals surface area contributed by atoms with Crippen LogP contribution in [-0.4, -0.2) is 29.2 Å². The summed E-state index contributed by atoms with van der Waals surface area (Å²) in [6.45, 7) is 13.1. The number of nitrogens with zero attached hydrogens (tertiary/aromatic N) is 1. The van der Waals surface area contributed by atoms with Crippen LogP contribution in [0.15, 0.2) is 24.4 Å². The molecule has 0 aromatic carbocycles. The Labute approximate surface area is 288 Å². The van der Waals surface area contributed by atoms with Crippen LogP contribution in [-0.2, 0) is 34.4 Å². The topological polar surface area (TPSA) is 12.9 Å². The molecule has 1 aromatic rings. The summed E-state index contributed by atoms with van der Waals surface area (Å²) >= 11 is 1.82. The molecular formula is C33H57BClF4FeNPRu+. The molecule has 10 heteroatoms. The van der Waals surface area contributed by atoms with Crippen molar-refractivity contribution in [1.29, 1.82) is 0 Å². The molecule has 43 heavy (non-hydrogen) atoms. The monoisotopic (exact) mass is 778 g/mol. The number of halogens is 5. The molecule has 0 saturated heterocycles. The Morgan fingerprint density at radius 3 is 1.49 bits per heavy atom. The fourth-order valence-electron chi connectivity index (χ4n) is 7.47. The first-order chi connectivity index (χ1) is 20.1. The summed E-state index contributed by atoms with van der Waals surface area (Å²) in [6.07, 6.45) is 29.2. The van der Waals surface area contributed by atoms with E-state index in [9.17, 15) is 17.3 Å². The van der Waals surface area contributed by atoms with Crippen LogP contribution in [0.25, 0.3) is 0 Å². The zero-order chi connectivity index (χ0) is 31.4. The molecule has 4 fully saturated rings. The minimum absolute atomic E-state index is 0. The van der Waals surface area contributed by atoms with E-state index in [1.807, 2.05) is 42.4 Å². The van der Waals surface area contributed by atoms with E-state index in [-0.39, 0.29) is 25.0 Å². The second-order valence-electron chi connectivity index (χ2n) is 12.7. The van der Waals surface area contributed by atoms with Crippen molar-refractivity contribution in [2.24, 2.45) is 11.8 Å². The first kappa shape index (κ1) is 43.8. The van der Waals surface area contributed by atoms with Gasteiger partial charge in [0, 0.05) is 36.9 Å². The van der Waals surface area contributed by atoms with E-state index < -0.39 is 7.25 Å². The largest absolute Gasteiger partial charge is 0 e. The fourth-order valence-corrected chi connectivity index (χ4v) is 12.7. The minimum atomic E-state index is -6.00. The van der Waals surface area contributed by atoms with Crippen molar-refractivity contribution in [3.8, 4) is 0 Å². The van der Waals surface area contributed by atoms with Crippen molar-refractivity contribution >= 4 is 24.9 Å². The van der Waals surface area contributed by atoms with Gasteiger partial charge in [0.1, 0.15) is 0 Å². The molecule has 0 radical (unpaired) electrons. The van der Waals surface area contributed by atoms with Crippen molar-refractivity contribution < 1.29 is 51.6 Å². The molecule has 0 spiro atoms. The van der Waals surface area contributed by atoms with E-state index in [4.69, 9.17) is 0 Å². The molecule has 2 unspecified atom stereocenters. The molecule has 5 rings (SSSR count). The molecule has 0 N–H and O–H groups in total. The van der Waals surface area contributed by atoms with Gasteiger partial charge in [-0.3, -0.25) is 4.98 Å². The molecule has 0 aliphatic heterocycles. The Kier molecular flexibility index (Phi) is 26.3. The van der Waals surface area contributed by atoms with Gasteiger partial charge >= 0.3 is 34.3 Å². The van der Waals surface area contributed by atoms with Gasteiger partial charge in [-0.25, -0.2) is 0 Å². The Bertz CT molecular complexity index is 735. The van der Waals surface area contributed by atoms with Gasteiger partial charge in [0.25, 0.3) is 0 Å². The van der Waals surface area contributed by atoms with E-state index in [2.05, 4.69) is 35.4 Å². The number of hydrogen-bond donors (Lipinski definition) is 0. The van der Waals surface area contributed by atoms with Crippen LogP contribution in [0, 0.1) is 25.7 Å². The van der Waals surface area contributed by atoms with Crippen molar-refractivity contribution in [2.45, 2.75) is 152 Å². The van der Waals surface area contributed by atoms with Crippen LogP contribution in [0.2, 0.25) is 0 Å². The van der Waals surface area contributed by atoms with Crippen molar-refractivity contribution in [3.05, 3.63) is 43.9 Å². The predicted molar refractivity (Wildman–Crippen MR) is 175 cm³/mol. The van der Waals surface area contributed by atoms with Gasteiger partial charge in [-0.1, -0.05) is 70.8 Å². The molecule has 252 valence electrons. The Balaban J connectivity index is 0.000000660. The van der Waals surface area contributed by atoms with Crippen LogP contribution in [0.1, 0.15) is 141 Å². The fraction of sp³-hybridized carbons (Fsp3) is 0.788. The third-order valence-electron chi connectivity index (χ3n) is 9.48. The van der Waals surface area contributed by atoms with Crippen molar-refractivity contribution in [1.82, 2.24) is 4.98 Å². The van der Waals surface area contributed by atoms with Gasteiger partial charge in [-0.15, -0.1) is 5.92 Å². The van der Waals surface area contributed by atoms with Gasteiger partial charge in [0.05, 0.1) is 17.0 Å². The van der Waals surface area contributed by atoms with E-state index in [0.717, 1.165) is 34.5 Å².